The van der Waals surface area contributed by atoms with Gasteiger partial charge in [0.15, 0.2) is 0 Å². The number of carbonyl (C=O) groups is 1. The van der Waals surface area contributed by atoms with Crippen molar-refractivity contribution in [3.8, 4) is 5.75 Å². The van der Waals surface area contributed by atoms with E-state index in [0.29, 0.717) is 13.0 Å². The Balaban J connectivity index is 2.84. The molecule has 0 aromatic heterocycles. The van der Waals surface area contributed by atoms with E-state index < -0.39 is 5.41 Å². The normalized spacial score (nSPS) is 13.5. The van der Waals surface area contributed by atoms with Gasteiger partial charge in [0.05, 0.1) is 19.1 Å². The molecule has 0 spiro atoms. The highest BCUT2D eigenvalue weighted by atomic mass is 16.5. The quantitative estimate of drug-likeness (QED) is 0.573. The standard InChI is InChI=1S/C15H20O3/c1-5-15(3,14(16)18-6-2)11-12-7-9-13(17-4)10-8-12/h5,7-10H,1,6,11H2,2-4H3. The van der Waals surface area contributed by atoms with Crippen LogP contribution in [0.2, 0.25) is 0 Å². The third-order valence-corrected chi connectivity index (χ3v) is 2.92. The molecule has 0 bridgehead atoms. The summed E-state index contributed by atoms with van der Waals surface area (Å²) in [6, 6.07) is 7.65. The van der Waals surface area contributed by atoms with E-state index in [9.17, 15) is 4.79 Å². The predicted molar refractivity (Wildman–Crippen MR) is 71.6 cm³/mol. The number of hydrogen-bond donors (Lipinski definition) is 0. The number of methoxy groups -OCH3 is 1. The van der Waals surface area contributed by atoms with Crippen LogP contribution in [0.3, 0.4) is 0 Å². The third-order valence-electron chi connectivity index (χ3n) is 2.92. The van der Waals surface area contributed by atoms with Crippen molar-refractivity contribution in [1.29, 1.82) is 0 Å². The number of carbonyl (C=O) groups excluding carboxylic acids is 1. The van der Waals surface area contributed by atoms with Gasteiger partial charge in [-0.1, -0.05) is 18.2 Å². The van der Waals surface area contributed by atoms with Crippen LogP contribution < -0.4 is 4.74 Å². The Bertz CT molecular complexity index is 408. The molecule has 0 fully saturated rings. The Morgan fingerprint density at radius 2 is 2.00 bits per heavy atom. The van der Waals surface area contributed by atoms with Crippen LogP contribution in [0.5, 0.6) is 5.75 Å². The molecule has 98 valence electrons. The van der Waals surface area contributed by atoms with Crippen molar-refractivity contribution >= 4 is 5.97 Å². The summed E-state index contributed by atoms with van der Waals surface area (Å²) in [4.78, 5) is 11.9. The van der Waals surface area contributed by atoms with Crippen molar-refractivity contribution in [1.82, 2.24) is 0 Å². The van der Waals surface area contributed by atoms with Gasteiger partial charge in [-0.15, -0.1) is 6.58 Å². The van der Waals surface area contributed by atoms with Crippen LogP contribution in [-0.4, -0.2) is 19.7 Å². The molecule has 0 amide bonds. The van der Waals surface area contributed by atoms with Crippen LogP contribution >= 0.6 is 0 Å². The summed E-state index contributed by atoms with van der Waals surface area (Å²) < 4.78 is 10.2. The lowest BCUT2D eigenvalue weighted by molar-refractivity contribution is -0.151. The molecule has 1 aromatic carbocycles. The summed E-state index contributed by atoms with van der Waals surface area (Å²) in [7, 11) is 1.63. The van der Waals surface area contributed by atoms with Gasteiger partial charge >= 0.3 is 5.97 Å². The largest absolute Gasteiger partial charge is 0.497 e. The molecule has 1 aromatic rings. The second kappa shape index (κ2) is 6.24. The maximum atomic E-state index is 11.9. The summed E-state index contributed by atoms with van der Waals surface area (Å²) in [5.41, 5.74) is 0.358. The van der Waals surface area contributed by atoms with Gasteiger partial charge in [0.1, 0.15) is 5.75 Å². The van der Waals surface area contributed by atoms with Gasteiger partial charge in [-0.05, 0) is 38.0 Å². The molecule has 1 atom stereocenters. The van der Waals surface area contributed by atoms with E-state index in [1.807, 2.05) is 31.2 Å². The van der Waals surface area contributed by atoms with E-state index in [1.165, 1.54) is 0 Å². The second-order valence-corrected chi connectivity index (χ2v) is 4.37. The van der Waals surface area contributed by atoms with Gasteiger partial charge in [0, 0.05) is 0 Å². The Hall–Kier alpha value is -1.77. The van der Waals surface area contributed by atoms with Crippen molar-refractivity contribution in [2.24, 2.45) is 5.41 Å². The summed E-state index contributed by atoms with van der Waals surface area (Å²) in [5.74, 6) is 0.561. The van der Waals surface area contributed by atoms with Crippen LogP contribution in [0, 0.1) is 5.41 Å². The zero-order chi connectivity index (χ0) is 13.6. The fourth-order valence-electron chi connectivity index (χ4n) is 1.69. The van der Waals surface area contributed by atoms with E-state index in [0.717, 1.165) is 11.3 Å². The molecule has 3 heteroatoms. The van der Waals surface area contributed by atoms with Crippen molar-refractivity contribution < 1.29 is 14.3 Å². The minimum absolute atomic E-state index is 0.240. The summed E-state index contributed by atoms with van der Waals surface area (Å²) in [6.45, 7) is 7.76. The molecule has 1 unspecified atom stereocenters. The Kier molecular flexibility index (Phi) is 4.95. The Morgan fingerprint density at radius 1 is 1.39 bits per heavy atom. The number of benzene rings is 1. The van der Waals surface area contributed by atoms with Crippen LogP contribution in [0.4, 0.5) is 0 Å². The smallest absolute Gasteiger partial charge is 0.315 e. The minimum Gasteiger partial charge on any atom is -0.497 e. The maximum Gasteiger partial charge on any atom is 0.315 e. The first kappa shape index (κ1) is 14.3. The maximum absolute atomic E-state index is 11.9. The van der Waals surface area contributed by atoms with Gasteiger partial charge < -0.3 is 9.47 Å². The lowest BCUT2D eigenvalue weighted by atomic mass is 9.84. The van der Waals surface area contributed by atoms with Gasteiger partial charge in [-0.3, -0.25) is 4.79 Å². The molecule has 3 nitrogen and oxygen atoms in total. The molecular weight excluding hydrogens is 228 g/mol. The first-order valence-corrected chi connectivity index (χ1v) is 5.99. The van der Waals surface area contributed by atoms with Gasteiger partial charge in [0.25, 0.3) is 0 Å². The minimum atomic E-state index is -0.690. The topological polar surface area (TPSA) is 35.5 Å². The van der Waals surface area contributed by atoms with Crippen molar-refractivity contribution in [3.63, 3.8) is 0 Å². The Labute approximate surface area is 108 Å². The second-order valence-electron chi connectivity index (χ2n) is 4.37. The van der Waals surface area contributed by atoms with Crippen molar-refractivity contribution in [3.05, 3.63) is 42.5 Å². The number of rotatable bonds is 6. The molecule has 18 heavy (non-hydrogen) atoms. The number of ether oxygens (including phenoxy) is 2. The molecule has 0 saturated carbocycles. The van der Waals surface area contributed by atoms with Crippen molar-refractivity contribution in [2.75, 3.05) is 13.7 Å². The SMILES string of the molecule is C=CC(C)(Cc1ccc(OC)cc1)C(=O)OCC. The molecule has 0 saturated heterocycles. The lowest BCUT2D eigenvalue weighted by Crippen LogP contribution is -2.30. The molecule has 0 radical (unpaired) electrons. The van der Waals surface area contributed by atoms with Crippen molar-refractivity contribution in [2.45, 2.75) is 20.3 Å². The van der Waals surface area contributed by atoms with Crippen LogP contribution in [0.1, 0.15) is 19.4 Å². The highest BCUT2D eigenvalue weighted by molar-refractivity contribution is 5.79. The summed E-state index contributed by atoms with van der Waals surface area (Å²) in [5, 5.41) is 0. The van der Waals surface area contributed by atoms with Gasteiger partial charge in [-0.25, -0.2) is 0 Å². The van der Waals surface area contributed by atoms with Crippen LogP contribution in [0.15, 0.2) is 36.9 Å². The zero-order valence-corrected chi connectivity index (χ0v) is 11.2. The highest BCUT2D eigenvalue weighted by Crippen LogP contribution is 2.26. The first-order valence-electron chi connectivity index (χ1n) is 5.99. The molecule has 0 aliphatic rings. The molecule has 0 heterocycles. The third kappa shape index (κ3) is 3.36. The molecular formula is C15H20O3. The summed E-state index contributed by atoms with van der Waals surface area (Å²) >= 11 is 0. The monoisotopic (exact) mass is 248 g/mol. The fourth-order valence-corrected chi connectivity index (χ4v) is 1.69. The highest BCUT2D eigenvalue weighted by Gasteiger charge is 2.31. The van der Waals surface area contributed by atoms with Gasteiger partial charge in [0.2, 0.25) is 0 Å². The average molecular weight is 248 g/mol. The lowest BCUT2D eigenvalue weighted by Gasteiger charge is -2.23. The van der Waals surface area contributed by atoms with Gasteiger partial charge in [-0.2, -0.15) is 0 Å². The molecule has 0 aliphatic heterocycles. The Morgan fingerprint density at radius 3 is 2.44 bits per heavy atom. The summed E-state index contributed by atoms with van der Waals surface area (Å²) in [6.07, 6.45) is 2.22. The van der Waals surface area contributed by atoms with E-state index in [4.69, 9.17) is 9.47 Å². The molecule has 0 N–H and O–H groups in total. The van der Waals surface area contributed by atoms with Crippen LogP contribution in [-0.2, 0) is 16.0 Å². The average Bonchev–Trinajstić information content (AvgIpc) is 2.39. The molecule has 1 rings (SSSR count). The fraction of sp³-hybridized carbons (Fsp3) is 0.400. The van der Waals surface area contributed by atoms with E-state index in [2.05, 4.69) is 6.58 Å². The first-order chi connectivity index (χ1) is 8.55. The zero-order valence-electron chi connectivity index (χ0n) is 11.2. The van der Waals surface area contributed by atoms with Crippen LogP contribution in [0.25, 0.3) is 0 Å². The predicted octanol–water partition coefficient (Wildman–Crippen LogP) is 2.99. The number of esters is 1. The number of hydrogen-bond acceptors (Lipinski definition) is 3. The van der Waals surface area contributed by atoms with E-state index in [-0.39, 0.29) is 5.97 Å². The van der Waals surface area contributed by atoms with E-state index >= 15 is 0 Å². The van der Waals surface area contributed by atoms with E-state index in [1.54, 1.807) is 20.1 Å². The molecule has 0 aliphatic carbocycles.